The fraction of sp³-hybridized carbons (Fsp3) is 0.942. The van der Waals surface area contributed by atoms with Gasteiger partial charge in [-0.2, -0.15) is 0 Å². The Morgan fingerprint density at radius 1 is 0.616 bits per heavy atom. The van der Waals surface area contributed by atoms with Gasteiger partial charge >= 0.3 is 5.97 Å². The van der Waals surface area contributed by atoms with E-state index >= 15 is 4.79 Å². The number of fused-ring (bicyclic) bond motifs is 7. The molecule has 4 saturated heterocycles. The molecule has 0 amide bonds. The molecule has 21 heteroatoms. The van der Waals surface area contributed by atoms with Crippen LogP contribution in [0.1, 0.15) is 113 Å². The summed E-state index contributed by atoms with van der Waals surface area (Å²) in [6.45, 7) is 14.4. The van der Waals surface area contributed by atoms with Crippen LogP contribution in [0.15, 0.2) is 11.6 Å². The monoisotopic (exact) mass is 1040 g/mol. The number of esters is 1. The molecular formula is C52H84O21. The van der Waals surface area contributed by atoms with E-state index in [1.807, 2.05) is 0 Å². The molecule has 26 atom stereocenters. The Kier molecular flexibility index (Phi) is 15.6. The van der Waals surface area contributed by atoms with Crippen molar-refractivity contribution in [2.75, 3.05) is 26.4 Å². The zero-order valence-corrected chi connectivity index (χ0v) is 43.2. The Morgan fingerprint density at radius 2 is 1.22 bits per heavy atom. The van der Waals surface area contributed by atoms with Crippen LogP contribution in [-0.4, -0.2) is 210 Å². The third-order valence-electron chi connectivity index (χ3n) is 20.6. The van der Waals surface area contributed by atoms with E-state index in [2.05, 4.69) is 54.5 Å². The Hall–Kier alpha value is -1.55. The van der Waals surface area contributed by atoms with Gasteiger partial charge in [0.15, 0.2) is 18.9 Å². The van der Waals surface area contributed by atoms with Crippen molar-refractivity contribution in [2.45, 2.75) is 229 Å². The first-order valence-corrected chi connectivity index (χ1v) is 26.6. The lowest BCUT2D eigenvalue weighted by molar-refractivity contribution is -0.357. The summed E-state index contributed by atoms with van der Waals surface area (Å²) >= 11 is 0. The highest BCUT2D eigenvalue weighted by atomic mass is 16.8. The predicted octanol–water partition coefficient (Wildman–Crippen LogP) is -0.757. The molecule has 21 nitrogen and oxygen atoms in total. The quantitative estimate of drug-likeness (QED) is 0.0727. The molecule has 9 aliphatic rings. The van der Waals surface area contributed by atoms with Crippen molar-refractivity contribution in [3.8, 4) is 0 Å². The molecule has 0 aromatic carbocycles. The topological polar surface area (TPSA) is 334 Å². The fourth-order valence-electron chi connectivity index (χ4n) is 15.8. The molecular weight excluding hydrogens is 961 g/mol. The number of hydrogen-bond acceptors (Lipinski definition) is 21. The molecule has 0 unspecified atom stereocenters. The Bertz CT molecular complexity index is 2010. The first-order chi connectivity index (χ1) is 34.2. The van der Waals surface area contributed by atoms with Crippen LogP contribution in [-0.2, 0) is 42.7 Å². The van der Waals surface area contributed by atoms with Crippen LogP contribution in [0, 0.1) is 50.2 Å². The number of aliphatic hydroxyl groups is 12. The van der Waals surface area contributed by atoms with Gasteiger partial charge in [0.25, 0.3) is 0 Å². The third kappa shape index (κ3) is 9.29. The van der Waals surface area contributed by atoms with Crippen LogP contribution >= 0.6 is 0 Å². The van der Waals surface area contributed by atoms with E-state index in [1.165, 1.54) is 5.57 Å². The van der Waals surface area contributed by atoms with Crippen LogP contribution in [0.4, 0.5) is 0 Å². The number of hydrogen-bond donors (Lipinski definition) is 12. The summed E-state index contributed by atoms with van der Waals surface area (Å²) in [7, 11) is 0. The molecule has 5 aliphatic carbocycles. The van der Waals surface area contributed by atoms with Gasteiger partial charge in [-0.05, 0) is 109 Å². The highest BCUT2D eigenvalue weighted by molar-refractivity contribution is 5.79. The Labute approximate surface area is 426 Å². The maximum absolute atomic E-state index is 15.0. The molecule has 418 valence electrons. The van der Waals surface area contributed by atoms with Crippen LogP contribution in [0.2, 0.25) is 0 Å². The normalized spacial score (nSPS) is 53.7. The molecule has 4 saturated carbocycles. The number of ether oxygens (including phenoxy) is 8. The van der Waals surface area contributed by atoms with E-state index in [0.717, 1.165) is 38.5 Å². The second kappa shape index (κ2) is 20.3. The molecule has 8 fully saturated rings. The summed E-state index contributed by atoms with van der Waals surface area (Å²) in [5.74, 6) is -0.311. The molecule has 9 rings (SSSR count). The van der Waals surface area contributed by atoms with Crippen LogP contribution in [0.5, 0.6) is 0 Å². The first-order valence-electron chi connectivity index (χ1n) is 26.6. The van der Waals surface area contributed by atoms with Crippen molar-refractivity contribution in [3.05, 3.63) is 11.6 Å². The molecule has 0 bridgehead atoms. The van der Waals surface area contributed by atoms with Gasteiger partial charge in [-0.25, -0.2) is 0 Å². The van der Waals surface area contributed by atoms with Crippen molar-refractivity contribution < 1.29 is 104 Å². The minimum Gasteiger partial charge on any atom is -0.432 e. The van der Waals surface area contributed by atoms with Gasteiger partial charge in [0.1, 0.15) is 85.5 Å². The largest absolute Gasteiger partial charge is 0.432 e. The minimum absolute atomic E-state index is 0.113. The van der Waals surface area contributed by atoms with Crippen LogP contribution < -0.4 is 0 Å². The van der Waals surface area contributed by atoms with Gasteiger partial charge in [0, 0.05) is 0 Å². The van der Waals surface area contributed by atoms with Crippen molar-refractivity contribution in [3.63, 3.8) is 0 Å². The van der Waals surface area contributed by atoms with E-state index in [1.54, 1.807) is 0 Å². The lowest BCUT2D eigenvalue weighted by Crippen LogP contribution is -2.66. The summed E-state index contributed by atoms with van der Waals surface area (Å²) in [5.41, 5.74) is -0.867. The minimum atomic E-state index is -1.82. The molecule has 0 spiro atoms. The van der Waals surface area contributed by atoms with Crippen molar-refractivity contribution in [1.29, 1.82) is 0 Å². The summed E-state index contributed by atoms with van der Waals surface area (Å²) in [4.78, 5) is 15.0. The third-order valence-corrected chi connectivity index (χ3v) is 20.6. The lowest BCUT2D eigenvalue weighted by atomic mass is 9.33. The first kappa shape index (κ1) is 56.2. The van der Waals surface area contributed by atoms with Gasteiger partial charge in [-0.15, -0.1) is 0 Å². The molecule has 0 aromatic heterocycles. The number of carbonyl (C=O) groups excluding carboxylic acids is 1. The molecule has 0 radical (unpaired) electrons. The molecule has 73 heavy (non-hydrogen) atoms. The molecule has 12 N–H and O–H groups in total. The zero-order valence-electron chi connectivity index (χ0n) is 43.2. The SMILES string of the molecule is CC1(C)CC[C@@]2(C(=O)O[C@H]3O[C@H](CO[C@@H]4O[C@H](CO)[C@@H](O)[C@@H](O)[C@@H]4O)[C@H](O)[C@H](O)[C@H]3O)CC[C@@]3(C)C(=CC[C@@H]4[C@@]5(C)CC[C@@H](O[C@H]6OC[C@H](O)[C@H](O)[C@H]6O[C@H]6OC[C@@H](O)[C@@H](O)[C@H]6O)C(C)(C)[C@@H]5CC[C@@]43C)[C@H]2C1. The van der Waals surface area contributed by atoms with Gasteiger partial charge in [-0.3, -0.25) is 4.79 Å². The average molecular weight is 1050 g/mol. The van der Waals surface area contributed by atoms with Gasteiger partial charge in [0.2, 0.25) is 6.29 Å². The molecule has 4 heterocycles. The van der Waals surface area contributed by atoms with E-state index in [4.69, 9.17) is 37.9 Å². The average Bonchev–Trinajstić information content (AvgIpc) is 3.34. The number of aliphatic hydroxyl groups excluding tert-OH is 12. The van der Waals surface area contributed by atoms with E-state index in [-0.39, 0.29) is 58.7 Å². The molecule has 4 aliphatic heterocycles. The summed E-state index contributed by atoms with van der Waals surface area (Å²) in [5, 5.41) is 127. The maximum Gasteiger partial charge on any atom is 0.315 e. The van der Waals surface area contributed by atoms with E-state index in [0.29, 0.717) is 25.7 Å². The van der Waals surface area contributed by atoms with Crippen LogP contribution in [0.25, 0.3) is 0 Å². The summed E-state index contributed by atoms with van der Waals surface area (Å²) in [6, 6.07) is 0. The number of carbonyl (C=O) groups is 1. The maximum atomic E-state index is 15.0. The number of allylic oxidation sites excluding steroid dienone is 2. The predicted molar refractivity (Wildman–Crippen MR) is 251 cm³/mol. The Balaban J connectivity index is 0.920. The zero-order chi connectivity index (χ0) is 53.1. The van der Waals surface area contributed by atoms with Gasteiger partial charge < -0.3 is 99.2 Å². The standard InChI is InChI=1S/C52H84O21/c1-47(2)14-16-52(46(65)73-44-40(64)37(61)35(59)28(70-44)22-68-42-39(63)36(60)34(58)27(19-53)69-42)17-15-50(6)23(24(52)18-47)8-9-30-49(5)12-11-31(48(3,4)29(49)10-13-51(30,50)7)71-45-41(33(57)26(55)21-67-45)72-43-38(62)32(56)25(54)20-66-43/h8,24-45,53-64H,9-22H2,1-7H3/t24-,25-,26+,27-,28-,29+,30-,31-,32-,33+,34-,35+,36-,37+,38-,39+,40-,41-,42-,43-,44-,45-,49+,50+,51+,52-/m1/s1. The second-order valence-corrected chi connectivity index (χ2v) is 25.4. The summed E-state index contributed by atoms with van der Waals surface area (Å²) in [6.07, 6.45) is -18.1. The smallest absolute Gasteiger partial charge is 0.315 e. The van der Waals surface area contributed by atoms with E-state index in [9.17, 15) is 61.3 Å². The molecule has 0 aromatic rings. The van der Waals surface area contributed by atoms with Crippen molar-refractivity contribution >= 4 is 5.97 Å². The van der Waals surface area contributed by atoms with Crippen molar-refractivity contribution in [1.82, 2.24) is 0 Å². The fourth-order valence-corrected chi connectivity index (χ4v) is 15.8. The van der Waals surface area contributed by atoms with Gasteiger partial charge in [0.05, 0.1) is 37.9 Å². The highest BCUT2D eigenvalue weighted by Crippen LogP contribution is 2.76. The van der Waals surface area contributed by atoms with E-state index < -0.39 is 141 Å². The van der Waals surface area contributed by atoms with Crippen LogP contribution in [0.3, 0.4) is 0 Å². The number of rotatable bonds is 10. The highest BCUT2D eigenvalue weighted by Gasteiger charge is 2.70. The van der Waals surface area contributed by atoms with Gasteiger partial charge in [-0.1, -0.05) is 60.1 Å². The summed E-state index contributed by atoms with van der Waals surface area (Å²) < 4.78 is 47.5. The van der Waals surface area contributed by atoms with Crippen molar-refractivity contribution in [2.24, 2.45) is 50.2 Å². The Morgan fingerprint density at radius 3 is 1.90 bits per heavy atom. The lowest BCUT2D eigenvalue weighted by Gasteiger charge is -2.71. The second-order valence-electron chi connectivity index (χ2n) is 25.4.